The number of benzene rings is 2. The van der Waals surface area contributed by atoms with E-state index < -0.39 is 5.97 Å². The molecule has 3 nitrogen and oxygen atoms in total. The molecule has 0 radical (unpaired) electrons. The molecule has 0 saturated heterocycles. The van der Waals surface area contributed by atoms with Gasteiger partial charge in [-0.3, -0.25) is 4.79 Å². The highest BCUT2D eigenvalue weighted by molar-refractivity contribution is 5.68. The maximum absolute atomic E-state index is 14.2. The van der Waals surface area contributed by atoms with E-state index in [1.165, 1.54) is 11.6 Å². The van der Waals surface area contributed by atoms with E-state index in [2.05, 4.69) is 0 Å². The van der Waals surface area contributed by atoms with Gasteiger partial charge in [0, 0.05) is 5.56 Å². The summed E-state index contributed by atoms with van der Waals surface area (Å²) in [5.74, 6) is 0.0320. The third-order valence-corrected chi connectivity index (χ3v) is 5.06. The van der Waals surface area contributed by atoms with Crippen LogP contribution in [0.2, 0.25) is 0 Å². The van der Waals surface area contributed by atoms with Crippen LogP contribution in [0.4, 0.5) is 4.39 Å². The topological polar surface area (TPSA) is 46.5 Å². The molecule has 26 heavy (non-hydrogen) atoms. The molecule has 0 amide bonds. The van der Waals surface area contributed by atoms with E-state index in [-0.39, 0.29) is 23.8 Å². The van der Waals surface area contributed by atoms with Gasteiger partial charge in [0.2, 0.25) is 0 Å². The minimum absolute atomic E-state index is 0.0365. The highest BCUT2D eigenvalue weighted by Gasteiger charge is 2.42. The lowest BCUT2D eigenvalue weighted by Gasteiger charge is -2.44. The summed E-state index contributed by atoms with van der Waals surface area (Å²) >= 11 is 0. The quantitative estimate of drug-likeness (QED) is 0.729. The van der Waals surface area contributed by atoms with Crippen molar-refractivity contribution in [1.29, 1.82) is 0 Å². The van der Waals surface area contributed by atoms with Gasteiger partial charge >= 0.3 is 5.97 Å². The summed E-state index contributed by atoms with van der Waals surface area (Å²) in [5, 5.41) is 8.99. The van der Waals surface area contributed by atoms with E-state index in [0.29, 0.717) is 17.2 Å². The summed E-state index contributed by atoms with van der Waals surface area (Å²) in [5.41, 5.74) is 2.42. The lowest BCUT2D eigenvalue weighted by atomic mass is 9.59. The molecular formula is C22H25FO3. The monoisotopic (exact) mass is 356 g/mol. The molecule has 1 aliphatic rings. The average Bonchev–Trinajstić information content (AvgIpc) is 2.53. The number of aliphatic carboxylic acids is 1. The van der Waals surface area contributed by atoms with Crippen molar-refractivity contribution >= 4 is 5.97 Å². The fourth-order valence-electron chi connectivity index (χ4n) is 3.88. The Morgan fingerprint density at radius 2 is 1.88 bits per heavy atom. The first-order valence-corrected chi connectivity index (χ1v) is 9.04. The summed E-state index contributed by atoms with van der Waals surface area (Å²) in [6, 6.07) is 12.7. The lowest BCUT2D eigenvalue weighted by molar-refractivity contribution is -0.141. The zero-order valence-electron chi connectivity index (χ0n) is 15.5. The van der Waals surface area contributed by atoms with Crippen molar-refractivity contribution in [3.05, 3.63) is 53.8 Å². The molecule has 0 bridgehead atoms. The van der Waals surface area contributed by atoms with Crippen LogP contribution < -0.4 is 4.74 Å². The SMILES string of the molecule is CC(C)Oc1ccc(F)c(-c2ccc(C3CC(C)(CC(=O)O)C3)cc2)c1. The standard InChI is InChI=1S/C22H25FO3/c1-14(2)26-18-8-9-20(23)19(10-18)16-6-4-15(5-7-16)17-11-22(3,12-17)13-21(24)25/h4-10,14,17H,11-13H2,1-3H3,(H,24,25). The first-order chi connectivity index (χ1) is 12.3. The highest BCUT2D eigenvalue weighted by atomic mass is 19.1. The summed E-state index contributed by atoms with van der Waals surface area (Å²) in [6.07, 6.45) is 2.01. The second kappa shape index (κ2) is 7.10. The second-order valence-corrected chi connectivity index (χ2v) is 7.92. The van der Waals surface area contributed by atoms with Crippen LogP contribution in [0, 0.1) is 11.2 Å². The van der Waals surface area contributed by atoms with Crippen molar-refractivity contribution in [1.82, 2.24) is 0 Å². The number of carboxylic acids is 1. The highest BCUT2D eigenvalue weighted by Crippen LogP contribution is 2.53. The van der Waals surface area contributed by atoms with Crippen LogP contribution in [0.1, 0.15) is 51.5 Å². The molecule has 1 aliphatic carbocycles. The van der Waals surface area contributed by atoms with Crippen molar-refractivity contribution in [2.75, 3.05) is 0 Å². The Labute approximate surface area is 153 Å². The third-order valence-electron chi connectivity index (χ3n) is 5.06. The molecular weight excluding hydrogens is 331 g/mol. The van der Waals surface area contributed by atoms with Gasteiger partial charge in [-0.05, 0) is 67.3 Å². The maximum Gasteiger partial charge on any atom is 0.303 e. The molecule has 0 atom stereocenters. The van der Waals surface area contributed by atoms with Gasteiger partial charge in [0.15, 0.2) is 0 Å². The summed E-state index contributed by atoms with van der Waals surface area (Å²) in [7, 11) is 0. The molecule has 2 aromatic rings. The zero-order valence-corrected chi connectivity index (χ0v) is 15.5. The van der Waals surface area contributed by atoms with Crippen molar-refractivity contribution < 1.29 is 19.0 Å². The van der Waals surface area contributed by atoms with Crippen LogP contribution in [-0.4, -0.2) is 17.2 Å². The van der Waals surface area contributed by atoms with Gasteiger partial charge in [0.1, 0.15) is 11.6 Å². The maximum atomic E-state index is 14.2. The first-order valence-electron chi connectivity index (χ1n) is 9.04. The molecule has 1 fully saturated rings. The molecule has 1 N–H and O–H groups in total. The van der Waals surface area contributed by atoms with Crippen LogP contribution in [0.5, 0.6) is 5.75 Å². The van der Waals surface area contributed by atoms with Crippen LogP contribution in [-0.2, 0) is 4.79 Å². The second-order valence-electron chi connectivity index (χ2n) is 7.92. The molecule has 2 aromatic carbocycles. The van der Waals surface area contributed by atoms with Crippen LogP contribution in [0.25, 0.3) is 11.1 Å². The molecule has 0 spiro atoms. The van der Waals surface area contributed by atoms with Gasteiger partial charge < -0.3 is 9.84 Å². The normalized spacial score (nSPS) is 22.1. The molecule has 0 aromatic heterocycles. The predicted molar refractivity (Wildman–Crippen MR) is 99.9 cm³/mol. The minimum atomic E-state index is -0.736. The van der Waals surface area contributed by atoms with E-state index >= 15 is 0 Å². The summed E-state index contributed by atoms with van der Waals surface area (Å²) < 4.78 is 19.9. The van der Waals surface area contributed by atoms with Gasteiger partial charge in [-0.1, -0.05) is 31.2 Å². The summed E-state index contributed by atoms with van der Waals surface area (Å²) in [6.45, 7) is 5.91. The lowest BCUT2D eigenvalue weighted by Crippen LogP contribution is -2.35. The predicted octanol–water partition coefficient (Wildman–Crippen LogP) is 5.64. The van der Waals surface area contributed by atoms with E-state index in [1.54, 1.807) is 12.1 Å². The zero-order chi connectivity index (χ0) is 18.9. The minimum Gasteiger partial charge on any atom is -0.491 e. The van der Waals surface area contributed by atoms with Crippen molar-refractivity contribution in [3.63, 3.8) is 0 Å². The Kier molecular flexibility index (Phi) is 5.03. The number of hydrogen-bond acceptors (Lipinski definition) is 2. The smallest absolute Gasteiger partial charge is 0.303 e. The Hall–Kier alpha value is -2.36. The van der Waals surface area contributed by atoms with Crippen LogP contribution in [0.3, 0.4) is 0 Å². The molecule has 3 rings (SSSR count). The van der Waals surface area contributed by atoms with Crippen molar-refractivity contribution in [2.24, 2.45) is 5.41 Å². The van der Waals surface area contributed by atoms with E-state index in [1.807, 2.05) is 45.0 Å². The van der Waals surface area contributed by atoms with Gasteiger partial charge in [-0.2, -0.15) is 0 Å². The molecule has 1 saturated carbocycles. The average molecular weight is 356 g/mol. The van der Waals surface area contributed by atoms with Crippen molar-refractivity contribution in [3.8, 4) is 16.9 Å². The fourth-order valence-corrected chi connectivity index (χ4v) is 3.88. The van der Waals surface area contributed by atoms with E-state index in [4.69, 9.17) is 9.84 Å². The molecule has 138 valence electrons. The number of carbonyl (C=O) groups is 1. The number of ether oxygens (including phenoxy) is 1. The Morgan fingerprint density at radius 1 is 1.23 bits per heavy atom. The third kappa shape index (κ3) is 4.06. The molecule has 0 heterocycles. The van der Waals surface area contributed by atoms with Gasteiger partial charge in [-0.15, -0.1) is 0 Å². The molecule has 0 aliphatic heterocycles. The van der Waals surface area contributed by atoms with Gasteiger partial charge in [0.25, 0.3) is 0 Å². The number of hydrogen-bond donors (Lipinski definition) is 1. The summed E-state index contributed by atoms with van der Waals surface area (Å²) in [4.78, 5) is 10.9. The Morgan fingerprint density at radius 3 is 2.46 bits per heavy atom. The Balaban J connectivity index is 1.74. The molecule has 0 unspecified atom stereocenters. The largest absolute Gasteiger partial charge is 0.491 e. The fraction of sp³-hybridized carbons (Fsp3) is 0.409. The van der Waals surface area contributed by atoms with E-state index in [9.17, 15) is 9.18 Å². The van der Waals surface area contributed by atoms with Crippen molar-refractivity contribution in [2.45, 2.75) is 52.1 Å². The Bertz CT molecular complexity index is 790. The number of rotatable bonds is 6. The number of carboxylic acid groups (broad SMARTS) is 1. The van der Waals surface area contributed by atoms with Gasteiger partial charge in [-0.25, -0.2) is 4.39 Å². The van der Waals surface area contributed by atoms with E-state index in [0.717, 1.165) is 18.4 Å². The number of halogens is 1. The molecule has 4 heteroatoms. The van der Waals surface area contributed by atoms with Crippen LogP contribution in [0.15, 0.2) is 42.5 Å². The first kappa shape index (κ1) is 18.4. The van der Waals surface area contributed by atoms with Gasteiger partial charge in [0.05, 0.1) is 12.5 Å². The van der Waals surface area contributed by atoms with Crippen LogP contribution >= 0.6 is 0 Å².